The third-order valence-electron chi connectivity index (χ3n) is 5.73. The van der Waals surface area contributed by atoms with Gasteiger partial charge in [0, 0.05) is 38.3 Å². The first-order valence-corrected chi connectivity index (χ1v) is 9.35. The van der Waals surface area contributed by atoms with Gasteiger partial charge in [0.1, 0.15) is 5.69 Å². The van der Waals surface area contributed by atoms with Crippen molar-refractivity contribution in [3.05, 3.63) is 33.9 Å². The predicted molar refractivity (Wildman–Crippen MR) is 99.1 cm³/mol. The second kappa shape index (κ2) is 8.15. The summed E-state index contributed by atoms with van der Waals surface area (Å²) in [5.74, 6) is 0. The molecule has 0 radical (unpaired) electrons. The van der Waals surface area contributed by atoms with Gasteiger partial charge in [0.25, 0.3) is 5.69 Å². The second-order valence-corrected chi connectivity index (χ2v) is 7.40. The first-order chi connectivity index (χ1) is 12.1. The molecular weight excluding hydrogens is 318 g/mol. The number of aryl methyl sites for hydroxylation is 1. The molecule has 6 nitrogen and oxygen atoms in total. The van der Waals surface area contributed by atoms with Crippen molar-refractivity contribution >= 4 is 11.4 Å². The monoisotopic (exact) mass is 347 g/mol. The number of nitro benzene ring substituents is 1. The Morgan fingerprint density at radius 3 is 2.44 bits per heavy atom. The molecule has 2 fully saturated rings. The highest BCUT2D eigenvalue weighted by atomic mass is 16.6. The Hall–Kier alpha value is -1.66. The van der Waals surface area contributed by atoms with Gasteiger partial charge in [-0.15, -0.1) is 0 Å². The summed E-state index contributed by atoms with van der Waals surface area (Å²) < 4.78 is 5.47. The van der Waals surface area contributed by atoms with Crippen LogP contribution in [0.15, 0.2) is 18.2 Å². The van der Waals surface area contributed by atoms with E-state index in [1.54, 1.807) is 12.1 Å². The molecule has 25 heavy (non-hydrogen) atoms. The van der Waals surface area contributed by atoms with Crippen molar-refractivity contribution in [1.82, 2.24) is 4.90 Å². The van der Waals surface area contributed by atoms with Gasteiger partial charge in [-0.2, -0.15) is 0 Å². The number of nitrogens with zero attached hydrogens (tertiary/aromatic N) is 2. The van der Waals surface area contributed by atoms with Crippen LogP contribution in [-0.4, -0.2) is 48.2 Å². The molecule has 1 aromatic rings. The minimum absolute atomic E-state index is 0.172. The Labute approximate surface area is 149 Å². The van der Waals surface area contributed by atoms with Crippen LogP contribution in [0.2, 0.25) is 0 Å². The molecule has 0 aromatic heterocycles. The Balaban J connectivity index is 1.53. The first kappa shape index (κ1) is 18.1. The lowest BCUT2D eigenvalue weighted by atomic mass is 9.90. The standard InChI is InChI=1S/C19H29N3O3/c1-14-3-8-19(22(23)24)18(13-14)20-15-9-11-21(12-10-15)16-4-6-17(25-2)7-5-16/h3,8,13,15-17,20H,4-7,9-12H2,1-2H3/t16-,17+. The molecule has 0 spiro atoms. The summed E-state index contributed by atoms with van der Waals surface area (Å²) in [4.78, 5) is 13.5. The fraction of sp³-hybridized carbons (Fsp3) is 0.684. The van der Waals surface area contributed by atoms with Crippen LogP contribution in [0.25, 0.3) is 0 Å². The van der Waals surface area contributed by atoms with E-state index in [1.807, 2.05) is 20.1 Å². The summed E-state index contributed by atoms with van der Waals surface area (Å²) in [6.45, 7) is 4.10. The number of methoxy groups -OCH3 is 1. The lowest BCUT2D eigenvalue weighted by Crippen LogP contribution is -2.46. The van der Waals surface area contributed by atoms with Crippen molar-refractivity contribution in [2.45, 2.75) is 63.6 Å². The van der Waals surface area contributed by atoms with E-state index in [2.05, 4.69) is 10.2 Å². The quantitative estimate of drug-likeness (QED) is 0.649. The maximum atomic E-state index is 11.2. The number of hydrogen-bond acceptors (Lipinski definition) is 5. The zero-order valence-electron chi connectivity index (χ0n) is 15.2. The third kappa shape index (κ3) is 4.50. The molecule has 1 aliphatic heterocycles. The van der Waals surface area contributed by atoms with E-state index in [-0.39, 0.29) is 10.6 Å². The predicted octanol–water partition coefficient (Wildman–Crippen LogP) is 3.74. The molecular formula is C19H29N3O3. The fourth-order valence-corrected chi connectivity index (χ4v) is 4.20. The van der Waals surface area contributed by atoms with Gasteiger partial charge in [0.2, 0.25) is 0 Å². The summed E-state index contributed by atoms with van der Waals surface area (Å²) in [7, 11) is 1.81. The molecule has 1 aliphatic carbocycles. The van der Waals surface area contributed by atoms with Crippen LogP contribution in [0.1, 0.15) is 44.1 Å². The molecule has 3 rings (SSSR count). The van der Waals surface area contributed by atoms with Crippen molar-refractivity contribution in [1.29, 1.82) is 0 Å². The minimum atomic E-state index is -0.300. The van der Waals surface area contributed by atoms with Crippen molar-refractivity contribution < 1.29 is 9.66 Å². The van der Waals surface area contributed by atoms with Crippen molar-refractivity contribution in [3.8, 4) is 0 Å². The Kier molecular flexibility index (Phi) is 5.91. The normalized spacial score (nSPS) is 25.7. The molecule has 138 valence electrons. The van der Waals surface area contributed by atoms with E-state index in [1.165, 1.54) is 12.8 Å². The van der Waals surface area contributed by atoms with E-state index in [4.69, 9.17) is 4.74 Å². The van der Waals surface area contributed by atoms with E-state index >= 15 is 0 Å². The molecule has 0 amide bonds. The largest absolute Gasteiger partial charge is 0.381 e. The molecule has 1 heterocycles. The molecule has 6 heteroatoms. The van der Waals surface area contributed by atoms with Gasteiger partial charge in [-0.3, -0.25) is 10.1 Å². The smallest absolute Gasteiger partial charge is 0.292 e. The van der Waals surface area contributed by atoms with Crippen molar-refractivity contribution in [2.75, 3.05) is 25.5 Å². The van der Waals surface area contributed by atoms with Crippen molar-refractivity contribution in [2.24, 2.45) is 0 Å². The van der Waals surface area contributed by atoms with Crippen molar-refractivity contribution in [3.63, 3.8) is 0 Å². The zero-order chi connectivity index (χ0) is 17.8. The van der Waals surface area contributed by atoms with Crippen LogP contribution >= 0.6 is 0 Å². The zero-order valence-corrected chi connectivity index (χ0v) is 15.2. The molecule has 1 N–H and O–H groups in total. The number of ether oxygens (including phenoxy) is 1. The highest BCUT2D eigenvalue weighted by molar-refractivity contribution is 5.63. The number of nitro groups is 1. The average Bonchev–Trinajstić information content (AvgIpc) is 2.62. The Morgan fingerprint density at radius 1 is 1.16 bits per heavy atom. The van der Waals surface area contributed by atoms with Gasteiger partial charge < -0.3 is 15.0 Å². The van der Waals surface area contributed by atoms with Gasteiger partial charge in [0.15, 0.2) is 0 Å². The van der Waals surface area contributed by atoms with E-state index < -0.39 is 0 Å². The lowest BCUT2D eigenvalue weighted by Gasteiger charge is -2.40. The van der Waals surface area contributed by atoms with Gasteiger partial charge >= 0.3 is 0 Å². The van der Waals surface area contributed by atoms with Crippen LogP contribution in [0, 0.1) is 17.0 Å². The molecule has 0 atom stereocenters. The summed E-state index contributed by atoms with van der Waals surface area (Å²) >= 11 is 0. The topological polar surface area (TPSA) is 67.6 Å². The van der Waals surface area contributed by atoms with Gasteiger partial charge in [-0.1, -0.05) is 6.07 Å². The number of anilines is 1. The summed E-state index contributed by atoms with van der Waals surface area (Å²) in [6, 6.07) is 6.27. The minimum Gasteiger partial charge on any atom is -0.381 e. The third-order valence-corrected chi connectivity index (χ3v) is 5.73. The summed E-state index contributed by atoms with van der Waals surface area (Å²) in [6.07, 6.45) is 7.28. The van der Waals surface area contributed by atoms with Crippen LogP contribution in [-0.2, 0) is 4.74 Å². The van der Waals surface area contributed by atoms with E-state index in [0.29, 0.717) is 23.9 Å². The average molecular weight is 347 g/mol. The molecule has 2 aliphatic rings. The Morgan fingerprint density at radius 2 is 1.84 bits per heavy atom. The maximum Gasteiger partial charge on any atom is 0.292 e. The number of hydrogen-bond donors (Lipinski definition) is 1. The van der Waals surface area contributed by atoms with Crippen LogP contribution in [0.4, 0.5) is 11.4 Å². The maximum absolute atomic E-state index is 11.2. The SMILES string of the molecule is CO[C@H]1CC[C@@H](N2CCC(Nc3cc(C)ccc3[N+](=O)[O-])CC2)CC1. The van der Waals surface area contributed by atoms with Gasteiger partial charge in [-0.25, -0.2) is 0 Å². The van der Waals surface area contributed by atoms with E-state index in [0.717, 1.165) is 44.3 Å². The number of likely N-dealkylation sites (tertiary alicyclic amines) is 1. The molecule has 1 saturated carbocycles. The Bertz CT molecular complexity index is 592. The highest BCUT2D eigenvalue weighted by Crippen LogP contribution is 2.30. The van der Waals surface area contributed by atoms with Crippen LogP contribution in [0.5, 0.6) is 0 Å². The fourth-order valence-electron chi connectivity index (χ4n) is 4.20. The lowest BCUT2D eigenvalue weighted by molar-refractivity contribution is -0.384. The van der Waals surface area contributed by atoms with E-state index in [9.17, 15) is 10.1 Å². The number of nitrogens with one attached hydrogen (secondary N) is 1. The molecule has 1 saturated heterocycles. The summed E-state index contributed by atoms with van der Waals surface area (Å²) in [5, 5.41) is 14.7. The van der Waals surface area contributed by atoms with Crippen LogP contribution in [0.3, 0.4) is 0 Å². The highest BCUT2D eigenvalue weighted by Gasteiger charge is 2.29. The number of benzene rings is 1. The molecule has 0 unspecified atom stereocenters. The van der Waals surface area contributed by atoms with Crippen LogP contribution < -0.4 is 5.32 Å². The number of rotatable bonds is 5. The second-order valence-electron chi connectivity index (χ2n) is 7.40. The van der Waals surface area contributed by atoms with Gasteiger partial charge in [-0.05, 0) is 57.1 Å². The first-order valence-electron chi connectivity index (χ1n) is 9.35. The molecule has 0 bridgehead atoms. The van der Waals surface area contributed by atoms with Gasteiger partial charge in [0.05, 0.1) is 11.0 Å². The summed E-state index contributed by atoms with van der Waals surface area (Å²) in [5.41, 5.74) is 1.87. The molecule has 1 aromatic carbocycles. The number of piperidine rings is 1.